The average Bonchev–Trinajstić information content (AvgIpc) is 1.87. The van der Waals surface area contributed by atoms with E-state index in [1.807, 2.05) is 13.8 Å². The van der Waals surface area contributed by atoms with E-state index in [1.165, 1.54) is 0 Å². The van der Waals surface area contributed by atoms with Gasteiger partial charge in [0, 0.05) is 0 Å². The summed E-state index contributed by atoms with van der Waals surface area (Å²) >= 11 is 0. The van der Waals surface area contributed by atoms with Crippen LogP contribution < -0.4 is 0 Å². The molecule has 0 bridgehead atoms. The second kappa shape index (κ2) is 6.01. The first-order valence-corrected chi connectivity index (χ1v) is 4.04. The van der Waals surface area contributed by atoms with E-state index in [0.29, 0.717) is 6.61 Å². The van der Waals surface area contributed by atoms with Crippen LogP contribution in [-0.4, -0.2) is 18.9 Å². The molecule has 0 amide bonds. The molecule has 0 radical (unpaired) electrons. The molecule has 0 saturated heterocycles. The maximum absolute atomic E-state index is 10.7. The van der Waals surface area contributed by atoms with E-state index >= 15 is 0 Å². The Labute approximate surface area is 67.7 Å². The summed E-state index contributed by atoms with van der Waals surface area (Å²) in [6.45, 7) is 6.04. The number of hydrogen-bond acceptors (Lipinski definition) is 3. The van der Waals surface area contributed by atoms with Crippen LogP contribution in [0.3, 0.4) is 0 Å². The zero-order chi connectivity index (χ0) is 8.69. The van der Waals surface area contributed by atoms with Gasteiger partial charge in [-0.1, -0.05) is 13.3 Å². The summed E-state index contributed by atoms with van der Waals surface area (Å²) < 4.78 is 9.47. The lowest BCUT2D eigenvalue weighted by atomic mass is 10.2. The zero-order valence-corrected chi connectivity index (χ0v) is 7.42. The molecule has 1 atom stereocenters. The minimum atomic E-state index is -0.562. The van der Waals surface area contributed by atoms with Gasteiger partial charge in [-0.15, -0.1) is 0 Å². The molecule has 0 aliphatic rings. The number of hydrogen-bond donors (Lipinski definition) is 0. The number of ether oxygens (including phenoxy) is 2. The lowest BCUT2D eigenvalue weighted by Gasteiger charge is -2.10. The molecule has 3 heteroatoms. The topological polar surface area (TPSA) is 35.5 Å². The third-order valence-corrected chi connectivity index (χ3v) is 1.25. The van der Waals surface area contributed by atoms with Crippen LogP contribution in [-0.2, 0) is 9.47 Å². The quantitative estimate of drug-likeness (QED) is 0.592. The highest BCUT2D eigenvalue weighted by atomic mass is 16.7. The number of rotatable bonds is 4. The summed E-state index contributed by atoms with van der Waals surface area (Å²) in [4.78, 5) is 10.7. The Hall–Kier alpha value is -0.730. The van der Waals surface area contributed by atoms with Crippen LogP contribution in [0.15, 0.2) is 0 Å². The van der Waals surface area contributed by atoms with Gasteiger partial charge < -0.3 is 9.47 Å². The van der Waals surface area contributed by atoms with Gasteiger partial charge in [0.15, 0.2) is 0 Å². The molecule has 11 heavy (non-hydrogen) atoms. The minimum Gasteiger partial charge on any atom is -0.435 e. The molecule has 0 N–H and O–H groups in total. The van der Waals surface area contributed by atoms with Gasteiger partial charge in [-0.05, 0) is 20.3 Å². The highest BCUT2D eigenvalue weighted by molar-refractivity contribution is 5.59. The lowest BCUT2D eigenvalue weighted by Crippen LogP contribution is -2.15. The predicted octanol–water partition coefficient (Wildman–Crippen LogP) is 2.35. The Morgan fingerprint density at radius 1 is 1.45 bits per heavy atom. The first-order chi connectivity index (χ1) is 5.20. The molecule has 0 aromatic heterocycles. The van der Waals surface area contributed by atoms with Crippen molar-refractivity contribution in [3.05, 3.63) is 0 Å². The summed E-state index contributed by atoms with van der Waals surface area (Å²) in [6, 6.07) is 0. The molecular formula is C8H16O3. The third-order valence-electron chi connectivity index (χ3n) is 1.25. The van der Waals surface area contributed by atoms with Crippen LogP contribution in [0.2, 0.25) is 0 Å². The van der Waals surface area contributed by atoms with E-state index in [0.717, 1.165) is 12.8 Å². The fourth-order valence-corrected chi connectivity index (χ4v) is 0.782. The predicted molar refractivity (Wildman–Crippen MR) is 42.5 cm³/mol. The Morgan fingerprint density at radius 3 is 2.55 bits per heavy atom. The Balaban J connectivity index is 3.40. The molecule has 1 unspecified atom stereocenters. The average molecular weight is 160 g/mol. The van der Waals surface area contributed by atoms with Crippen molar-refractivity contribution in [1.82, 2.24) is 0 Å². The zero-order valence-electron chi connectivity index (χ0n) is 7.42. The Bertz CT molecular complexity index is 112. The van der Waals surface area contributed by atoms with E-state index in [9.17, 15) is 4.79 Å². The van der Waals surface area contributed by atoms with Crippen LogP contribution in [0.25, 0.3) is 0 Å². The van der Waals surface area contributed by atoms with Crippen molar-refractivity contribution in [3.63, 3.8) is 0 Å². The van der Waals surface area contributed by atoms with Gasteiger partial charge >= 0.3 is 6.16 Å². The van der Waals surface area contributed by atoms with Gasteiger partial charge in [0.1, 0.15) is 6.10 Å². The van der Waals surface area contributed by atoms with Gasteiger partial charge in [-0.2, -0.15) is 0 Å². The second-order valence-corrected chi connectivity index (χ2v) is 2.40. The SMILES string of the molecule is CCCC(C)OC(=O)OCC. The van der Waals surface area contributed by atoms with Gasteiger partial charge in [-0.25, -0.2) is 4.79 Å². The van der Waals surface area contributed by atoms with Crippen molar-refractivity contribution in [1.29, 1.82) is 0 Å². The molecule has 0 fully saturated rings. The largest absolute Gasteiger partial charge is 0.508 e. The minimum absolute atomic E-state index is 0.0287. The van der Waals surface area contributed by atoms with Crippen LogP contribution in [0.5, 0.6) is 0 Å². The van der Waals surface area contributed by atoms with Crippen molar-refractivity contribution in [2.75, 3.05) is 6.61 Å². The maximum atomic E-state index is 10.7. The Morgan fingerprint density at radius 2 is 2.09 bits per heavy atom. The van der Waals surface area contributed by atoms with Gasteiger partial charge in [0.05, 0.1) is 6.61 Å². The molecule has 0 heterocycles. The lowest BCUT2D eigenvalue weighted by molar-refractivity contribution is 0.0295. The molecule has 0 rings (SSSR count). The van der Waals surface area contributed by atoms with Crippen molar-refractivity contribution in [2.45, 2.75) is 39.7 Å². The van der Waals surface area contributed by atoms with E-state index in [4.69, 9.17) is 4.74 Å². The number of carbonyl (C=O) groups is 1. The Kier molecular flexibility index (Phi) is 5.61. The molecule has 0 aromatic rings. The molecule has 0 spiro atoms. The van der Waals surface area contributed by atoms with Gasteiger partial charge in [0.25, 0.3) is 0 Å². The summed E-state index contributed by atoms with van der Waals surface area (Å²) in [7, 11) is 0. The highest BCUT2D eigenvalue weighted by Gasteiger charge is 2.07. The van der Waals surface area contributed by atoms with Crippen LogP contribution in [0.1, 0.15) is 33.6 Å². The molecule has 0 aliphatic heterocycles. The van der Waals surface area contributed by atoms with Gasteiger partial charge in [-0.3, -0.25) is 0 Å². The smallest absolute Gasteiger partial charge is 0.435 e. The summed E-state index contributed by atoms with van der Waals surface area (Å²) in [5, 5.41) is 0. The van der Waals surface area contributed by atoms with E-state index < -0.39 is 6.16 Å². The molecule has 66 valence electrons. The third kappa shape index (κ3) is 5.70. The summed E-state index contributed by atoms with van der Waals surface area (Å²) in [6.07, 6.45) is 1.31. The van der Waals surface area contributed by atoms with Gasteiger partial charge in [0.2, 0.25) is 0 Å². The molecular weight excluding hydrogens is 144 g/mol. The van der Waals surface area contributed by atoms with Crippen LogP contribution >= 0.6 is 0 Å². The van der Waals surface area contributed by atoms with Crippen molar-refractivity contribution in [2.24, 2.45) is 0 Å². The maximum Gasteiger partial charge on any atom is 0.508 e. The molecule has 0 saturated carbocycles. The van der Waals surface area contributed by atoms with Crippen LogP contribution in [0.4, 0.5) is 4.79 Å². The normalized spacial score (nSPS) is 12.3. The number of carbonyl (C=O) groups excluding carboxylic acids is 1. The fraction of sp³-hybridized carbons (Fsp3) is 0.875. The fourth-order valence-electron chi connectivity index (χ4n) is 0.782. The van der Waals surface area contributed by atoms with Crippen LogP contribution in [0, 0.1) is 0 Å². The van der Waals surface area contributed by atoms with E-state index in [-0.39, 0.29) is 6.10 Å². The first-order valence-electron chi connectivity index (χ1n) is 4.04. The summed E-state index contributed by atoms with van der Waals surface area (Å²) in [5.74, 6) is 0. The second-order valence-electron chi connectivity index (χ2n) is 2.40. The first kappa shape index (κ1) is 10.3. The standard InChI is InChI=1S/C8H16O3/c1-4-6-7(3)11-8(9)10-5-2/h7H,4-6H2,1-3H3. The molecule has 0 aromatic carbocycles. The molecule has 0 aliphatic carbocycles. The van der Waals surface area contributed by atoms with Crippen molar-refractivity contribution >= 4 is 6.16 Å². The highest BCUT2D eigenvalue weighted by Crippen LogP contribution is 2.01. The summed E-state index contributed by atoms with van der Waals surface area (Å²) in [5.41, 5.74) is 0. The van der Waals surface area contributed by atoms with Crippen molar-refractivity contribution in [3.8, 4) is 0 Å². The van der Waals surface area contributed by atoms with Crippen molar-refractivity contribution < 1.29 is 14.3 Å². The van der Waals surface area contributed by atoms with E-state index in [2.05, 4.69) is 4.74 Å². The molecule has 3 nitrogen and oxygen atoms in total. The van der Waals surface area contributed by atoms with E-state index in [1.54, 1.807) is 6.92 Å². The monoisotopic (exact) mass is 160 g/mol.